The molecule has 19 heavy (non-hydrogen) atoms. The summed E-state index contributed by atoms with van der Waals surface area (Å²) in [5.41, 5.74) is 3.62. The highest BCUT2D eigenvalue weighted by Gasteiger charge is 2.17. The highest BCUT2D eigenvalue weighted by atomic mass is 16.5. The highest BCUT2D eigenvalue weighted by Crippen LogP contribution is 2.30. The van der Waals surface area contributed by atoms with Crippen LogP contribution in [0.4, 0.5) is 5.69 Å². The van der Waals surface area contributed by atoms with E-state index < -0.39 is 0 Å². The van der Waals surface area contributed by atoms with Gasteiger partial charge in [-0.05, 0) is 43.0 Å². The Morgan fingerprint density at radius 2 is 1.84 bits per heavy atom. The van der Waals surface area contributed by atoms with Crippen LogP contribution >= 0.6 is 0 Å². The molecule has 108 valence electrons. The summed E-state index contributed by atoms with van der Waals surface area (Å²) >= 11 is 0. The normalized spacial score (nSPS) is 12.6. The zero-order valence-electron chi connectivity index (χ0n) is 13.0. The van der Waals surface area contributed by atoms with Crippen molar-refractivity contribution in [3.8, 4) is 5.75 Å². The predicted octanol–water partition coefficient (Wildman–Crippen LogP) is 3.01. The summed E-state index contributed by atoms with van der Waals surface area (Å²) in [4.78, 5) is 2.22. The lowest BCUT2D eigenvalue weighted by Gasteiger charge is -2.29. The van der Waals surface area contributed by atoms with E-state index in [0.29, 0.717) is 11.8 Å². The quantitative estimate of drug-likeness (QED) is 0.858. The minimum Gasteiger partial charge on any atom is -0.496 e. The summed E-state index contributed by atoms with van der Waals surface area (Å²) in [7, 11) is 3.78. The van der Waals surface area contributed by atoms with Gasteiger partial charge in [-0.1, -0.05) is 13.8 Å². The van der Waals surface area contributed by atoms with Gasteiger partial charge in [0.2, 0.25) is 0 Å². The summed E-state index contributed by atoms with van der Waals surface area (Å²) in [5, 5.41) is 9.45. The Morgan fingerprint density at radius 1 is 1.21 bits per heavy atom. The van der Waals surface area contributed by atoms with E-state index in [9.17, 15) is 5.11 Å². The third-order valence-electron chi connectivity index (χ3n) is 4.03. The van der Waals surface area contributed by atoms with Gasteiger partial charge in [-0.15, -0.1) is 0 Å². The minimum atomic E-state index is 0.232. The van der Waals surface area contributed by atoms with Crippen molar-refractivity contribution < 1.29 is 9.84 Å². The monoisotopic (exact) mass is 265 g/mol. The van der Waals surface area contributed by atoms with Gasteiger partial charge in [0.25, 0.3) is 0 Å². The molecule has 0 aromatic heterocycles. The van der Waals surface area contributed by atoms with Gasteiger partial charge in [0, 0.05) is 31.8 Å². The second kappa shape index (κ2) is 6.80. The molecule has 1 rings (SSSR count). The molecule has 0 saturated heterocycles. The highest BCUT2D eigenvalue weighted by molar-refractivity contribution is 5.59. The fourth-order valence-corrected chi connectivity index (χ4v) is 2.35. The van der Waals surface area contributed by atoms with Gasteiger partial charge < -0.3 is 14.7 Å². The van der Waals surface area contributed by atoms with Crippen LogP contribution in [-0.2, 0) is 0 Å². The van der Waals surface area contributed by atoms with E-state index in [1.807, 2.05) is 6.07 Å². The van der Waals surface area contributed by atoms with Gasteiger partial charge in [0.05, 0.1) is 7.11 Å². The number of ether oxygens (including phenoxy) is 1. The summed E-state index contributed by atoms with van der Waals surface area (Å²) < 4.78 is 5.34. The first-order valence-electron chi connectivity index (χ1n) is 6.88. The lowest BCUT2D eigenvalue weighted by atomic mass is 9.95. The topological polar surface area (TPSA) is 32.7 Å². The van der Waals surface area contributed by atoms with Crippen molar-refractivity contribution in [2.75, 3.05) is 32.2 Å². The van der Waals surface area contributed by atoms with Crippen LogP contribution in [0.25, 0.3) is 0 Å². The van der Waals surface area contributed by atoms with Crippen molar-refractivity contribution in [2.45, 2.75) is 27.7 Å². The first kappa shape index (κ1) is 15.8. The van der Waals surface area contributed by atoms with Gasteiger partial charge in [-0.3, -0.25) is 0 Å². The number of benzene rings is 1. The second-order valence-electron chi connectivity index (χ2n) is 5.60. The van der Waals surface area contributed by atoms with Crippen LogP contribution in [0.1, 0.15) is 25.0 Å². The molecule has 0 radical (unpaired) electrons. The third kappa shape index (κ3) is 3.63. The van der Waals surface area contributed by atoms with Crippen molar-refractivity contribution in [2.24, 2.45) is 11.8 Å². The van der Waals surface area contributed by atoms with Crippen LogP contribution in [0.2, 0.25) is 0 Å². The van der Waals surface area contributed by atoms with Gasteiger partial charge in [-0.2, -0.15) is 0 Å². The number of rotatable bonds is 6. The molecule has 0 spiro atoms. The number of anilines is 1. The van der Waals surface area contributed by atoms with Gasteiger partial charge in [0.1, 0.15) is 5.75 Å². The molecular formula is C16H27NO2. The van der Waals surface area contributed by atoms with E-state index in [-0.39, 0.29) is 6.61 Å². The summed E-state index contributed by atoms with van der Waals surface area (Å²) in [6, 6.07) is 4.10. The molecule has 1 aromatic rings. The second-order valence-corrected chi connectivity index (χ2v) is 5.60. The molecule has 0 saturated carbocycles. The number of nitrogens with zero attached hydrogens (tertiary/aromatic N) is 1. The molecule has 0 fully saturated rings. The molecule has 0 bridgehead atoms. The lowest BCUT2D eigenvalue weighted by Crippen LogP contribution is -2.31. The Hall–Kier alpha value is -1.22. The van der Waals surface area contributed by atoms with E-state index in [1.165, 1.54) is 16.8 Å². The van der Waals surface area contributed by atoms with E-state index in [4.69, 9.17) is 4.74 Å². The van der Waals surface area contributed by atoms with Crippen molar-refractivity contribution in [3.05, 3.63) is 23.3 Å². The maximum Gasteiger partial charge on any atom is 0.122 e. The maximum atomic E-state index is 9.45. The molecule has 0 heterocycles. The standard InChI is InChI=1S/C16H27NO2/c1-11(2)14(10-18)9-17(5)15-7-8-16(19-6)13(4)12(15)3/h7-8,11,14,18H,9-10H2,1-6H3. The smallest absolute Gasteiger partial charge is 0.122 e. The molecule has 0 amide bonds. The SMILES string of the molecule is COc1ccc(N(C)CC(CO)C(C)C)c(C)c1C. The Bertz CT molecular complexity index is 415. The van der Waals surface area contributed by atoms with Crippen molar-refractivity contribution in [1.82, 2.24) is 0 Å². The number of methoxy groups -OCH3 is 1. The van der Waals surface area contributed by atoms with Crippen LogP contribution in [-0.4, -0.2) is 32.4 Å². The van der Waals surface area contributed by atoms with Gasteiger partial charge in [-0.25, -0.2) is 0 Å². The zero-order chi connectivity index (χ0) is 14.6. The molecule has 3 heteroatoms. The molecule has 1 atom stereocenters. The minimum absolute atomic E-state index is 0.232. The van der Waals surface area contributed by atoms with Crippen molar-refractivity contribution >= 4 is 5.69 Å². The van der Waals surface area contributed by atoms with Gasteiger partial charge in [0.15, 0.2) is 0 Å². The van der Waals surface area contributed by atoms with Crippen LogP contribution in [0.3, 0.4) is 0 Å². The van der Waals surface area contributed by atoms with Gasteiger partial charge >= 0.3 is 0 Å². The molecule has 3 nitrogen and oxygen atoms in total. The van der Waals surface area contributed by atoms with Crippen LogP contribution < -0.4 is 9.64 Å². The van der Waals surface area contributed by atoms with Crippen molar-refractivity contribution in [3.63, 3.8) is 0 Å². The summed E-state index contributed by atoms with van der Waals surface area (Å²) in [5.74, 6) is 1.70. The van der Waals surface area contributed by atoms with Crippen molar-refractivity contribution in [1.29, 1.82) is 0 Å². The zero-order valence-corrected chi connectivity index (χ0v) is 13.0. The summed E-state index contributed by atoms with van der Waals surface area (Å²) in [6.45, 7) is 9.60. The van der Waals surface area contributed by atoms with Crippen LogP contribution in [0, 0.1) is 25.7 Å². The molecule has 1 unspecified atom stereocenters. The number of hydrogen-bond donors (Lipinski definition) is 1. The average molecular weight is 265 g/mol. The Balaban J connectivity index is 2.94. The molecule has 0 aliphatic heterocycles. The van der Waals surface area contributed by atoms with E-state index >= 15 is 0 Å². The van der Waals surface area contributed by atoms with Crippen LogP contribution in [0.5, 0.6) is 5.75 Å². The molecule has 0 aliphatic carbocycles. The summed E-state index contributed by atoms with van der Waals surface area (Å²) in [6.07, 6.45) is 0. The first-order chi connectivity index (χ1) is 8.92. The number of aliphatic hydroxyl groups excluding tert-OH is 1. The molecular weight excluding hydrogens is 238 g/mol. The number of hydrogen-bond acceptors (Lipinski definition) is 3. The third-order valence-corrected chi connectivity index (χ3v) is 4.03. The lowest BCUT2D eigenvalue weighted by molar-refractivity contribution is 0.193. The maximum absolute atomic E-state index is 9.45. The van der Waals surface area contributed by atoms with Crippen LogP contribution in [0.15, 0.2) is 12.1 Å². The Kier molecular flexibility index (Phi) is 5.67. The fourth-order valence-electron chi connectivity index (χ4n) is 2.35. The van der Waals surface area contributed by atoms with E-state index in [0.717, 1.165) is 12.3 Å². The van der Waals surface area contributed by atoms with E-state index in [2.05, 4.69) is 45.7 Å². The predicted molar refractivity (Wildman–Crippen MR) is 81.2 cm³/mol. The Labute approximate surface area is 117 Å². The average Bonchev–Trinajstić information content (AvgIpc) is 2.38. The largest absolute Gasteiger partial charge is 0.496 e. The molecule has 1 N–H and O–H groups in total. The van der Waals surface area contributed by atoms with E-state index in [1.54, 1.807) is 7.11 Å². The number of aliphatic hydroxyl groups is 1. The molecule has 0 aliphatic rings. The fraction of sp³-hybridized carbons (Fsp3) is 0.625. The first-order valence-corrected chi connectivity index (χ1v) is 6.88. The Morgan fingerprint density at radius 3 is 2.32 bits per heavy atom. The molecule has 1 aromatic carbocycles.